The van der Waals surface area contributed by atoms with Crippen LogP contribution in [0.3, 0.4) is 0 Å². The molecule has 0 radical (unpaired) electrons. The Morgan fingerprint density at radius 2 is 1.93 bits per heavy atom. The summed E-state index contributed by atoms with van der Waals surface area (Å²) in [6, 6.07) is 10.1. The Hall–Kier alpha value is -2.63. The molecule has 0 spiro atoms. The van der Waals surface area contributed by atoms with E-state index in [4.69, 9.17) is 0 Å². The number of pyridine rings is 2. The van der Waals surface area contributed by atoms with Crippen molar-refractivity contribution in [1.82, 2.24) is 20.6 Å². The van der Waals surface area contributed by atoms with Gasteiger partial charge in [-0.15, -0.1) is 0 Å². The largest absolute Gasteiger partial charge is 0.359 e. The van der Waals surface area contributed by atoms with E-state index in [1.54, 1.807) is 6.20 Å². The van der Waals surface area contributed by atoms with Gasteiger partial charge in [0.2, 0.25) is 0 Å². The second kappa shape index (κ2) is 9.90. The smallest absolute Gasteiger partial charge is 0.315 e. The van der Waals surface area contributed by atoms with Gasteiger partial charge < -0.3 is 15.5 Å². The molecule has 0 unspecified atom stereocenters. The van der Waals surface area contributed by atoms with Crippen molar-refractivity contribution >= 4 is 11.8 Å². The Labute approximate surface area is 161 Å². The molecule has 2 aromatic heterocycles. The van der Waals surface area contributed by atoms with Crippen molar-refractivity contribution in [2.75, 3.05) is 18.5 Å². The Bertz CT molecular complexity index is 716. The molecule has 3 rings (SSSR count). The molecule has 144 valence electrons. The lowest BCUT2D eigenvalue weighted by Crippen LogP contribution is -2.42. The summed E-state index contributed by atoms with van der Waals surface area (Å²) < 4.78 is 0. The van der Waals surface area contributed by atoms with Gasteiger partial charge in [0.1, 0.15) is 5.82 Å². The van der Waals surface area contributed by atoms with E-state index < -0.39 is 0 Å². The molecule has 0 aromatic carbocycles. The fourth-order valence-corrected chi connectivity index (χ4v) is 3.50. The molecule has 2 heterocycles. The third-order valence-corrected chi connectivity index (χ3v) is 5.04. The van der Waals surface area contributed by atoms with Crippen LogP contribution in [0.1, 0.15) is 43.4 Å². The van der Waals surface area contributed by atoms with Crippen molar-refractivity contribution in [1.29, 1.82) is 0 Å². The molecule has 2 N–H and O–H groups in total. The van der Waals surface area contributed by atoms with Gasteiger partial charge in [0.25, 0.3) is 0 Å². The predicted molar refractivity (Wildman–Crippen MR) is 108 cm³/mol. The molecule has 0 aliphatic heterocycles. The van der Waals surface area contributed by atoms with Gasteiger partial charge in [-0.05, 0) is 31.0 Å². The van der Waals surface area contributed by atoms with Crippen molar-refractivity contribution in [3.8, 4) is 0 Å². The molecule has 2 aromatic rings. The highest BCUT2D eigenvalue weighted by molar-refractivity contribution is 5.74. The number of amides is 2. The number of hydrogen-bond donors (Lipinski definition) is 2. The fraction of sp³-hybridized carbons (Fsp3) is 0.476. The average Bonchev–Trinajstić information content (AvgIpc) is 2.72. The summed E-state index contributed by atoms with van der Waals surface area (Å²) in [5.74, 6) is 0.895. The Balaban J connectivity index is 1.52. The minimum absolute atomic E-state index is 0.0900. The zero-order valence-electron chi connectivity index (χ0n) is 16.0. The highest BCUT2D eigenvalue weighted by Crippen LogP contribution is 2.18. The van der Waals surface area contributed by atoms with Crippen LogP contribution in [0.2, 0.25) is 0 Å². The first-order valence-corrected chi connectivity index (χ1v) is 9.81. The van der Waals surface area contributed by atoms with Gasteiger partial charge in [-0.3, -0.25) is 4.98 Å². The molecule has 0 bridgehead atoms. The second-order valence-corrected chi connectivity index (χ2v) is 7.14. The van der Waals surface area contributed by atoms with E-state index >= 15 is 0 Å². The van der Waals surface area contributed by atoms with Crippen LogP contribution in [0.5, 0.6) is 0 Å². The van der Waals surface area contributed by atoms with Gasteiger partial charge in [0, 0.05) is 56.3 Å². The van der Waals surface area contributed by atoms with Gasteiger partial charge in [0.05, 0.1) is 0 Å². The molecule has 1 fully saturated rings. The summed E-state index contributed by atoms with van der Waals surface area (Å²) in [4.78, 5) is 23.2. The van der Waals surface area contributed by atoms with Crippen molar-refractivity contribution in [2.24, 2.45) is 0 Å². The van der Waals surface area contributed by atoms with Crippen LogP contribution in [0.25, 0.3) is 0 Å². The van der Waals surface area contributed by atoms with Gasteiger partial charge in [-0.2, -0.15) is 0 Å². The first-order chi connectivity index (χ1) is 13.2. The zero-order chi connectivity index (χ0) is 18.9. The predicted octanol–water partition coefficient (Wildman–Crippen LogP) is 3.29. The number of hydrogen-bond acceptors (Lipinski definition) is 4. The van der Waals surface area contributed by atoms with Crippen LogP contribution in [-0.2, 0) is 13.0 Å². The first kappa shape index (κ1) is 19.1. The van der Waals surface area contributed by atoms with E-state index in [2.05, 4.69) is 25.5 Å². The number of rotatable bonds is 7. The Kier molecular flexibility index (Phi) is 7.02. The SMILES string of the molecule is CN(CCc1ccccn1)c1ncccc1CNC(=O)NC1CCCCC1. The van der Waals surface area contributed by atoms with E-state index in [0.29, 0.717) is 12.6 Å². The molecule has 1 aliphatic carbocycles. The maximum absolute atomic E-state index is 12.2. The van der Waals surface area contributed by atoms with Gasteiger partial charge in [-0.25, -0.2) is 9.78 Å². The van der Waals surface area contributed by atoms with E-state index in [1.165, 1.54) is 19.3 Å². The van der Waals surface area contributed by atoms with Crippen LogP contribution < -0.4 is 15.5 Å². The number of likely N-dealkylation sites (N-methyl/N-ethyl adjacent to an activating group) is 1. The topological polar surface area (TPSA) is 70.2 Å². The summed E-state index contributed by atoms with van der Waals surface area (Å²) in [7, 11) is 2.02. The Morgan fingerprint density at radius 1 is 1.11 bits per heavy atom. The van der Waals surface area contributed by atoms with Gasteiger partial charge >= 0.3 is 6.03 Å². The van der Waals surface area contributed by atoms with E-state index in [0.717, 1.165) is 42.9 Å². The average molecular weight is 367 g/mol. The van der Waals surface area contributed by atoms with Gasteiger partial charge in [-0.1, -0.05) is 31.4 Å². The molecule has 1 aliphatic rings. The van der Waals surface area contributed by atoms with Crippen molar-refractivity contribution in [3.05, 3.63) is 54.0 Å². The van der Waals surface area contributed by atoms with Gasteiger partial charge in [0.15, 0.2) is 0 Å². The van der Waals surface area contributed by atoms with Crippen LogP contribution in [0.15, 0.2) is 42.7 Å². The number of carbonyl (C=O) groups is 1. The normalized spacial score (nSPS) is 14.6. The third kappa shape index (κ3) is 5.94. The molecule has 6 heteroatoms. The summed E-state index contributed by atoms with van der Waals surface area (Å²) in [6.45, 7) is 1.28. The number of urea groups is 1. The van der Waals surface area contributed by atoms with Crippen LogP contribution >= 0.6 is 0 Å². The Morgan fingerprint density at radius 3 is 2.70 bits per heavy atom. The maximum Gasteiger partial charge on any atom is 0.315 e. The molecule has 2 amide bonds. The maximum atomic E-state index is 12.2. The number of anilines is 1. The zero-order valence-corrected chi connectivity index (χ0v) is 16.0. The van der Waals surface area contributed by atoms with Crippen molar-refractivity contribution < 1.29 is 4.79 Å². The standard InChI is InChI=1S/C21H29N5O/c1-26(15-12-18-9-5-6-13-22-18)20-17(8-7-14-23-20)16-24-21(27)25-19-10-3-2-4-11-19/h5-9,13-14,19H,2-4,10-12,15-16H2,1H3,(H2,24,25,27). The highest BCUT2D eigenvalue weighted by Gasteiger charge is 2.16. The minimum Gasteiger partial charge on any atom is -0.359 e. The number of aromatic nitrogens is 2. The summed E-state index contributed by atoms with van der Waals surface area (Å²) in [5.41, 5.74) is 2.08. The molecule has 0 atom stereocenters. The highest BCUT2D eigenvalue weighted by atomic mass is 16.2. The lowest BCUT2D eigenvalue weighted by Gasteiger charge is -2.24. The van der Waals surface area contributed by atoms with Crippen molar-refractivity contribution in [3.63, 3.8) is 0 Å². The minimum atomic E-state index is -0.0900. The van der Waals surface area contributed by atoms with E-state index in [-0.39, 0.29) is 6.03 Å². The molecule has 6 nitrogen and oxygen atoms in total. The van der Waals surface area contributed by atoms with Crippen molar-refractivity contribution in [2.45, 2.75) is 51.1 Å². The van der Waals surface area contributed by atoms with Crippen LogP contribution in [0, 0.1) is 0 Å². The monoisotopic (exact) mass is 367 g/mol. The lowest BCUT2D eigenvalue weighted by molar-refractivity contribution is 0.232. The molecule has 1 saturated carbocycles. The lowest BCUT2D eigenvalue weighted by atomic mass is 9.96. The van der Waals surface area contributed by atoms with Crippen LogP contribution in [0.4, 0.5) is 10.6 Å². The molecular weight excluding hydrogens is 338 g/mol. The number of nitrogens with one attached hydrogen (secondary N) is 2. The van der Waals surface area contributed by atoms with E-state index in [9.17, 15) is 4.79 Å². The number of nitrogens with zero attached hydrogens (tertiary/aromatic N) is 3. The quantitative estimate of drug-likeness (QED) is 0.788. The summed E-state index contributed by atoms with van der Waals surface area (Å²) in [6.07, 6.45) is 10.3. The summed E-state index contributed by atoms with van der Waals surface area (Å²) in [5, 5.41) is 6.08. The molecule has 27 heavy (non-hydrogen) atoms. The third-order valence-electron chi connectivity index (χ3n) is 5.04. The second-order valence-electron chi connectivity index (χ2n) is 7.14. The number of carbonyl (C=O) groups excluding carboxylic acids is 1. The first-order valence-electron chi connectivity index (χ1n) is 9.81. The summed E-state index contributed by atoms with van der Waals surface area (Å²) >= 11 is 0. The molecular formula is C21H29N5O. The van der Waals surface area contributed by atoms with Crippen LogP contribution in [-0.4, -0.2) is 35.6 Å². The van der Waals surface area contributed by atoms with E-state index in [1.807, 2.05) is 43.6 Å². The molecule has 0 saturated heterocycles. The fourth-order valence-electron chi connectivity index (χ4n) is 3.50.